The molecular formula is C54H84N2O15. The zero-order chi connectivity index (χ0) is 52.7. The lowest BCUT2D eigenvalue weighted by Gasteiger charge is -2.42. The summed E-state index contributed by atoms with van der Waals surface area (Å²) >= 11 is 0. The van der Waals surface area contributed by atoms with Crippen LogP contribution in [0, 0.1) is 35.5 Å². The number of nitrogens with zero attached hydrogens (tertiary/aromatic N) is 2. The van der Waals surface area contributed by atoms with E-state index in [1.807, 2.05) is 51.2 Å². The number of aliphatic hydroxyl groups is 2. The minimum Gasteiger partial charge on any atom is -0.460 e. The van der Waals surface area contributed by atoms with Gasteiger partial charge in [0, 0.05) is 65.5 Å². The Morgan fingerprint density at radius 2 is 1.59 bits per heavy atom. The van der Waals surface area contributed by atoms with Crippen molar-refractivity contribution < 1.29 is 72.2 Å². The first-order chi connectivity index (χ1) is 33.6. The summed E-state index contributed by atoms with van der Waals surface area (Å²) in [6.07, 6.45) is 9.88. The van der Waals surface area contributed by atoms with Crippen molar-refractivity contribution >= 4 is 35.3 Å². The molecule has 1 aliphatic carbocycles. The van der Waals surface area contributed by atoms with Gasteiger partial charge in [-0.05, 0) is 107 Å². The summed E-state index contributed by atoms with van der Waals surface area (Å²) in [5.74, 6) is -8.34. The summed E-state index contributed by atoms with van der Waals surface area (Å²) in [5.41, 5.74) is 1.24. The number of hydrogen-bond acceptors (Lipinski definition) is 15. The van der Waals surface area contributed by atoms with Crippen molar-refractivity contribution in [2.45, 2.75) is 180 Å². The minimum atomic E-state index is -2.45. The van der Waals surface area contributed by atoms with Crippen LogP contribution in [0.15, 0.2) is 47.6 Å². The van der Waals surface area contributed by atoms with Crippen molar-refractivity contribution in [3.8, 4) is 0 Å². The highest BCUT2D eigenvalue weighted by molar-refractivity contribution is 6.39. The number of hydroxylamine groups is 2. The monoisotopic (exact) mass is 1000 g/mol. The van der Waals surface area contributed by atoms with E-state index < -0.39 is 102 Å². The number of piperidine rings is 1. The lowest BCUT2D eigenvalue weighted by molar-refractivity contribution is -0.265. The standard InChI is InChI=1S/C54H84N2O15/c1-32-18-14-13-15-19-33(2)44(65-9)30-40-23-21-38(7)54(64,71-40)50(60)51(61)56-25-17-16-20-41(56)52(62)69-45(31-42(57)34(3)27-37(6)48(59)49(67-11)47(58)36(5)26-32)35(4)28-39-22-24-43(46(29-39)66-10)70-53(63)55(8)68-12/h13-15,18-19,27,32,34-36,38-41,43-46,48-49,59,64H,16-17,20-26,28-31H2,1-12H3/b15-13?,18-14+,33-19?,37-27+/t32-,34-,35-,36?,38-,39+,40+,41+,43-,44+,45+,46-,48-,49+,54-/m1/s1. The molecule has 1 unspecified atom stereocenters. The highest BCUT2D eigenvalue weighted by Crippen LogP contribution is 2.38. The number of rotatable bonds is 8. The number of methoxy groups -OCH3 is 3. The highest BCUT2D eigenvalue weighted by atomic mass is 16.7. The van der Waals surface area contributed by atoms with Gasteiger partial charge in [0.25, 0.3) is 11.7 Å². The van der Waals surface area contributed by atoms with Crippen LogP contribution < -0.4 is 0 Å². The number of allylic oxidation sites excluding steroid dienone is 6. The predicted octanol–water partition coefficient (Wildman–Crippen LogP) is 6.82. The van der Waals surface area contributed by atoms with Gasteiger partial charge in [-0.15, -0.1) is 0 Å². The Hall–Kier alpha value is -4.10. The Morgan fingerprint density at radius 3 is 2.25 bits per heavy atom. The summed E-state index contributed by atoms with van der Waals surface area (Å²) in [7, 11) is 7.30. The first-order valence-corrected chi connectivity index (χ1v) is 25.6. The molecule has 0 spiro atoms. The summed E-state index contributed by atoms with van der Waals surface area (Å²) in [6.45, 7) is 12.6. The molecule has 0 aromatic rings. The SMILES string of the molecule is CO[C@H]1C[C@@H]2CC[C@@H](C)[C@@](O)(O2)C(=O)C(=O)N2CCCC[C@H]2C(=O)O[C@H]([C@H](C)C[C@@H]2CC[C@@H](OC(=O)N(C)OC)[C@H](OC)C2)CC(=O)[C@H](C)/C=C(\C)[C@@H](O)[C@@H](OC)C(=O)C(C)C[C@H](C)/C=C/C=CC=C1C. The van der Waals surface area contributed by atoms with Crippen LogP contribution in [0.4, 0.5) is 4.79 Å². The lowest BCUT2D eigenvalue weighted by atomic mass is 9.78. The van der Waals surface area contributed by atoms with Crippen LogP contribution in [0.25, 0.3) is 0 Å². The molecule has 3 heterocycles. The zero-order valence-electron chi connectivity index (χ0n) is 44.3. The van der Waals surface area contributed by atoms with E-state index in [4.69, 9.17) is 33.3 Å². The molecule has 0 radical (unpaired) electrons. The molecule has 71 heavy (non-hydrogen) atoms. The highest BCUT2D eigenvalue weighted by Gasteiger charge is 2.53. The normalized spacial score (nSPS) is 36.7. The number of esters is 1. The second-order valence-electron chi connectivity index (χ2n) is 20.6. The molecule has 0 aromatic heterocycles. The molecule has 400 valence electrons. The Bertz CT molecular complexity index is 1950. The average Bonchev–Trinajstić information content (AvgIpc) is 3.35. The Balaban J connectivity index is 1.69. The van der Waals surface area contributed by atoms with E-state index in [9.17, 15) is 39.0 Å². The van der Waals surface area contributed by atoms with Gasteiger partial charge in [-0.3, -0.25) is 24.0 Å². The van der Waals surface area contributed by atoms with Gasteiger partial charge in [-0.1, -0.05) is 71.1 Å². The largest absolute Gasteiger partial charge is 0.460 e. The van der Waals surface area contributed by atoms with E-state index in [1.165, 1.54) is 26.2 Å². The number of carbonyl (C=O) groups is 6. The number of hydrogen-bond donors (Lipinski definition) is 2. The third-order valence-corrected chi connectivity index (χ3v) is 15.2. The molecule has 3 fully saturated rings. The average molecular weight is 1000 g/mol. The number of ether oxygens (including phenoxy) is 6. The lowest BCUT2D eigenvalue weighted by Crippen LogP contribution is -2.61. The quantitative estimate of drug-likeness (QED) is 0.111. The Labute approximate surface area is 421 Å². The van der Waals surface area contributed by atoms with Crippen LogP contribution >= 0.6 is 0 Å². The van der Waals surface area contributed by atoms with Crippen LogP contribution in [-0.4, -0.2) is 152 Å². The van der Waals surface area contributed by atoms with Crippen molar-refractivity contribution in [2.75, 3.05) is 42.0 Å². The molecule has 2 saturated heterocycles. The summed E-state index contributed by atoms with van der Waals surface area (Å²) in [6, 6.07) is -1.18. The first-order valence-electron chi connectivity index (χ1n) is 25.6. The van der Waals surface area contributed by atoms with Crippen LogP contribution in [0.2, 0.25) is 0 Å². The molecule has 2 bridgehead atoms. The molecule has 2 N–H and O–H groups in total. The molecule has 3 aliphatic heterocycles. The molecule has 4 aliphatic rings. The number of fused-ring (bicyclic) bond motifs is 3. The third kappa shape index (κ3) is 15.9. The van der Waals surface area contributed by atoms with Crippen molar-refractivity contribution in [3.05, 3.63) is 47.6 Å². The predicted molar refractivity (Wildman–Crippen MR) is 264 cm³/mol. The van der Waals surface area contributed by atoms with Gasteiger partial charge in [0.2, 0.25) is 5.79 Å². The molecule has 17 nitrogen and oxygen atoms in total. The molecule has 17 heteroatoms. The van der Waals surface area contributed by atoms with Crippen molar-refractivity contribution in [2.24, 2.45) is 35.5 Å². The van der Waals surface area contributed by atoms with Crippen LogP contribution in [0.1, 0.15) is 126 Å². The van der Waals surface area contributed by atoms with E-state index in [-0.39, 0.29) is 42.8 Å². The maximum Gasteiger partial charge on any atom is 0.434 e. The number of cyclic esters (lactones) is 1. The number of aliphatic hydroxyl groups excluding tert-OH is 1. The van der Waals surface area contributed by atoms with Crippen LogP contribution in [0.3, 0.4) is 0 Å². The van der Waals surface area contributed by atoms with Gasteiger partial charge in [-0.25, -0.2) is 9.59 Å². The number of Topliss-reactive ketones (excluding diaryl/α,β-unsaturated/α-hetero) is 3. The maximum atomic E-state index is 14.5. The topological polar surface area (TPSA) is 214 Å². The molecular weight excluding hydrogens is 917 g/mol. The Kier molecular flexibility index (Phi) is 23.3. The summed E-state index contributed by atoms with van der Waals surface area (Å²) in [5, 5.41) is 24.5. The zero-order valence-corrected chi connectivity index (χ0v) is 44.3. The molecule has 15 atom stereocenters. The molecule has 0 aromatic carbocycles. The summed E-state index contributed by atoms with van der Waals surface area (Å²) in [4.78, 5) is 89.8. The third-order valence-electron chi connectivity index (χ3n) is 15.2. The Morgan fingerprint density at radius 1 is 0.873 bits per heavy atom. The van der Waals surface area contributed by atoms with Gasteiger partial charge in [0.05, 0.1) is 25.4 Å². The second kappa shape index (κ2) is 27.8. The number of ketones is 3. The van der Waals surface area contributed by atoms with Crippen molar-refractivity contribution in [3.63, 3.8) is 0 Å². The molecule has 4 rings (SSSR count). The van der Waals surface area contributed by atoms with Crippen LogP contribution in [-0.2, 0) is 57.2 Å². The minimum absolute atomic E-state index is 0.00393. The van der Waals surface area contributed by atoms with Crippen molar-refractivity contribution in [1.29, 1.82) is 0 Å². The van der Waals surface area contributed by atoms with Gasteiger partial charge < -0.3 is 43.5 Å². The fourth-order valence-electron chi connectivity index (χ4n) is 10.5. The van der Waals surface area contributed by atoms with Gasteiger partial charge >= 0.3 is 12.1 Å². The fourth-order valence-corrected chi connectivity index (χ4v) is 10.5. The van der Waals surface area contributed by atoms with Gasteiger partial charge in [0.1, 0.15) is 36.2 Å². The smallest absolute Gasteiger partial charge is 0.434 e. The number of carbonyl (C=O) groups excluding carboxylic acids is 6. The van der Waals surface area contributed by atoms with Crippen LogP contribution in [0.5, 0.6) is 0 Å². The maximum absolute atomic E-state index is 14.5. The van der Waals surface area contributed by atoms with Gasteiger partial charge in [-0.2, -0.15) is 5.06 Å². The summed E-state index contributed by atoms with van der Waals surface area (Å²) < 4.78 is 35.4. The van der Waals surface area contributed by atoms with E-state index in [0.29, 0.717) is 69.8 Å². The van der Waals surface area contributed by atoms with E-state index in [1.54, 1.807) is 48.0 Å². The van der Waals surface area contributed by atoms with E-state index in [0.717, 1.165) is 10.6 Å². The second-order valence-corrected chi connectivity index (χ2v) is 20.6. The number of amides is 2. The van der Waals surface area contributed by atoms with E-state index >= 15 is 0 Å². The van der Waals surface area contributed by atoms with Crippen molar-refractivity contribution in [1.82, 2.24) is 9.96 Å². The fraction of sp³-hybridized carbons (Fsp3) is 0.741. The molecule has 1 saturated carbocycles. The van der Waals surface area contributed by atoms with Gasteiger partial charge in [0.15, 0.2) is 5.78 Å². The molecule has 2 amide bonds. The van der Waals surface area contributed by atoms with E-state index in [2.05, 4.69) is 0 Å². The first kappa shape index (κ1) is 59.5.